The lowest BCUT2D eigenvalue weighted by atomic mass is 9.53. The molecule has 0 spiro atoms. The molecule has 9 heteroatoms. The summed E-state index contributed by atoms with van der Waals surface area (Å²) in [5.74, 6) is -0.119. The molecule has 0 heterocycles. The van der Waals surface area contributed by atoms with Crippen LogP contribution >= 0.6 is 0 Å². The number of hydrogen-bond acceptors (Lipinski definition) is 5. The molecular formula is C23H31FN2O5S. The molecule has 4 saturated carbocycles. The lowest BCUT2D eigenvalue weighted by molar-refractivity contribution is -0.130. The van der Waals surface area contributed by atoms with Gasteiger partial charge in [0.15, 0.2) is 6.61 Å². The number of halogens is 1. The number of hydrogen-bond donors (Lipinski definition) is 1. The van der Waals surface area contributed by atoms with Crippen molar-refractivity contribution in [3.63, 3.8) is 0 Å². The second kappa shape index (κ2) is 8.74. The monoisotopic (exact) mass is 466 g/mol. The van der Waals surface area contributed by atoms with Crippen LogP contribution in [0, 0.1) is 23.6 Å². The van der Waals surface area contributed by atoms with Gasteiger partial charge in [0.05, 0.1) is 5.56 Å². The fourth-order valence-electron chi connectivity index (χ4n) is 6.34. The molecule has 1 N–H and O–H groups in total. The third-order valence-electron chi connectivity index (χ3n) is 7.27. The number of carbonyl (C=O) groups is 2. The Kier molecular flexibility index (Phi) is 6.33. The number of carbonyl (C=O) groups excluding carboxylic acids is 2. The predicted molar refractivity (Wildman–Crippen MR) is 116 cm³/mol. The summed E-state index contributed by atoms with van der Waals surface area (Å²) in [6.45, 7) is 3.21. The van der Waals surface area contributed by atoms with Crippen molar-refractivity contribution < 1.29 is 27.1 Å². The van der Waals surface area contributed by atoms with Gasteiger partial charge in [-0.1, -0.05) is 13.8 Å². The molecule has 0 aliphatic heterocycles. The van der Waals surface area contributed by atoms with Gasteiger partial charge in [0.25, 0.3) is 5.91 Å². The molecule has 4 aliphatic rings. The van der Waals surface area contributed by atoms with Gasteiger partial charge in [-0.05, 0) is 74.5 Å². The lowest BCUT2D eigenvalue weighted by Gasteiger charge is -2.56. The van der Waals surface area contributed by atoms with Crippen LogP contribution in [-0.2, 0) is 19.6 Å². The number of ether oxygens (including phenoxy) is 1. The Hall–Kier alpha value is -2.00. The second-order valence-electron chi connectivity index (χ2n) is 9.56. The van der Waals surface area contributed by atoms with Crippen LogP contribution in [0.3, 0.4) is 0 Å². The van der Waals surface area contributed by atoms with E-state index in [2.05, 4.69) is 5.32 Å². The first-order valence-corrected chi connectivity index (χ1v) is 12.9. The van der Waals surface area contributed by atoms with E-state index in [1.54, 1.807) is 13.8 Å². The molecule has 0 aromatic heterocycles. The van der Waals surface area contributed by atoms with Gasteiger partial charge in [-0.3, -0.25) is 4.79 Å². The van der Waals surface area contributed by atoms with Gasteiger partial charge in [-0.25, -0.2) is 17.6 Å². The molecule has 7 nitrogen and oxygen atoms in total. The molecule has 1 aromatic rings. The minimum Gasteiger partial charge on any atom is -0.452 e. The zero-order valence-corrected chi connectivity index (χ0v) is 19.4. The molecule has 0 saturated heterocycles. The van der Waals surface area contributed by atoms with Gasteiger partial charge in [0.2, 0.25) is 10.0 Å². The third kappa shape index (κ3) is 4.41. The number of nitrogens with zero attached hydrogens (tertiary/aromatic N) is 1. The summed E-state index contributed by atoms with van der Waals surface area (Å²) in [7, 11) is -4.08. The van der Waals surface area contributed by atoms with E-state index in [9.17, 15) is 22.4 Å². The molecule has 4 bridgehead atoms. The molecule has 176 valence electrons. The van der Waals surface area contributed by atoms with Gasteiger partial charge < -0.3 is 10.1 Å². The highest BCUT2D eigenvalue weighted by molar-refractivity contribution is 7.89. The van der Waals surface area contributed by atoms with Crippen LogP contribution in [0.15, 0.2) is 23.1 Å². The van der Waals surface area contributed by atoms with Gasteiger partial charge in [-0.15, -0.1) is 0 Å². The number of amides is 1. The highest BCUT2D eigenvalue weighted by Gasteiger charge is 2.51. The number of benzene rings is 1. The first kappa shape index (κ1) is 23.2. The van der Waals surface area contributed by atoms with Crippen molar-refractivity contribution in [1.29, 1.82) is 0 Å². The van der Waals surface area contributed by atoms with E-state index < -0.39 is 33.3 Å². The fraction of sp³-hybridized carbons (Fsp3) is 0.652. The first-order valence-electron chi connectivity index (χ1n) is 11.4. The summed E-state index contributed by atoms with van der Waals surface area (Å²) in [6, 6.07) is 3.07. The molecular weight excluding hydrogens is 435 g/mol. The van der Waals surface area contributed by atoms with Crippen LogP contribution in [0.1, 0.15) is 62.7 Å². The van der Waals surface area contributed by atoms with Crippen LogP contribution in [0.5, 0.6) is 0 Å². The normalized spacial score (nSPS) is 28.7. The van der Waals surface area contributed by atoms with Crippen molar-refractivity contribution >= 4 is 21.9 Å². The van der Waals surface area contributed by atoms with Gasteiger partial charge in [0.1, 0.15) is 10.7 Å². The molecule has 0 unspecified atom stereocenters. The zero-order chi connectivity index (χ0) is 23.1. The summed E-state index contributed by atoms with van der Waals surface area (Å²) in [5.41, 5.74) is -0.293. The van der Waals surface area contributed by atoms with E-state index in [-0.39, 0.29) is 30.1 Å². The first-order chi connectivity index (χ1) is 15.2. The topological polar surface area (TPSA) is 92.8 Å². The molecule has 4 fully saturated rings. The fourth-order valence-corrected chi connectivity index (χ4v) is 7.89. The minimum absolute atomic E-state index is 0.111. The van der Waals surface area contributed by atoms with Gasteiger partial charge >= 0.3 is 5.97 Å². The van der Waals surface area contributed by atoms with E-state index in [1.165, 1.54) is 19.3 Å². The van der Waals surface area contributed by atoms with Crippen molar-refractivity contribution in [1.82, 2.24) is 9.62 Å². The van der Waals surface area contributed by atoms with Gasteiger partial charge in [-0.2, -0.15) is 4.31 Å². The van der Waals surface area contributed by atoms with Gasteiger partial charge in [0, 0.05) is 18.6 Å². The minimum atomic E-state index is -4.08. The Morgan fingerprint density at radius 3 is 2.19 bits per heavy atom. The van der Waals surface area contributed by atoms with E-state index in [1.807, 2.05) is 0 Å². The maximum absolute atomic E-state index is 14.3. The van der Waals surface area contributed by atoms with Crippen LogP contribution in [0.25, 0.3) is 0 Å². The van der Waals surface area contributed by atoms with E-state index >= 15 is 0 Å². The number of esters is 1. The predicted octanol–water partition coefficient (Wildman–Crippen LogP) is 3.10. The lowest BCUT2D eigenvalue weighted by Crippen LogP contribution is -2.60. The quantitative estimate of drug-likeness (QED) is 0.595. The van der Waals surface area contributed by atoms with Crippen molar-refractivity contribution in [2.75, 3.05) is 19.7 Å². The Bertz CT molecular complexity index is 970. The van der Waals surface area contributed by atoms with Crippen molar-refractivity contribution in [2.24, 2.45) is 17.8 Å². The van der Waals surface area contributed by atoms with Crippen LogP contribution < -0.4 is 5.32 Å². The van der Waals surface area contributed by atoms with Crippen LogP contribution in [0.2, 0.25) is 0 Å². The Morgan fingerprint density at radius 2 is 1.66 bits per heavy atom. The third-order valence-corrected chi connectivity index (χ3v) is 9.33. The second-order valence-corrected chi connectivity index (χ2v) is 11.5. The highest BCUT2D eigenvalue weighted by atomic mass is 32.2. The molecule has 0 atom stereocenters. The summed E-state index contributed by atoms with van der Waals surface area (Å²) in [6.07, 6.45) is 6.74. The average molecular weight is 467 g/mol. The summed E-state index contributed by atoms with van der Waals surface area (Å²) in [4.78, 5) is 24.5. The van der Waals surface area contributed by atoms with E-state index in [4.69, 9.17) is 4.74 Å². The molecule has 32 heavy (non-hydrogen) atoms. The molecule has 5 rings (SSSR count). The largest absolute Gasteiger partial charge is 0.452 e. The maximum atomic E-state index is 14.3. The number of nitrogens with one attached hydrogen (secondary N) is 1. The summed E-state index contributed by atoms with van der Waals surface area (Å²) in [5, 5.41) is 3.13. The van der Waals surface area contributed by atoms with Crippen LogP contribution in [-0.4, -0.2) is 49.8 Å². The summed E-state index contributed by atoms with van der Waals surface area (Å²) < 4.78 is 45.9. The van der Waals surface area contributed by atoms with Crippen molar-refractivity contribution in [3.8, 4) is 0 Å². The highest BCUT2D eigenvalue weighted by Crippen LogP contribution is 2.55. The number of rotatable bonds is 8. The summed E-state index contributed by atoms with van der Waals surface area (Å²) >= 11 is 0. The smallest absolute Gasteiger partial charge is 0.338 e. The molecule has 4 aliphatic carbocycles. The Morgan fingerprint density at radius 1 is 1.09 bits per heavy atom. The average Bonchev–Trinajstić information content (AvgIpc) is 2.71. The maximum Gasteiger partial charge on any atom is 0.338 e. The zero-order valence-electron chi connectivity index (χ0n) is 18.6. The van der Waals surface area contributed by atoms with E-state index in [0.29, 0.717) is 17.8 Å². The SMILES string of the molecule is CCN(CC)S(=O)(=O)c1cc(C(=O)OCC(=O)NC23CC4CC(CC(C4)C2)C3)ccc1F. The van der Waals surface area contributed by atoms with Crippen molar-refractivity contribution in [3.05, 3.63) is 29.6 Å². The number of sulfonamides is 1. The van der Waals surface area contributed by atoms with Crippen molar-refractivity contribution in [2.45, 2.75) is 62.8 Å². The standard InChI is InChI=1S/C23H31FN2O5S/c1-3-26(4-2)32(29,30)20-10-18(5-6-19(20)24)22(28)31-14-21(27)25-23-11-15-7-16(12-23)9-17(8-15)13-23/h5-6,10,15-17H,3-4,7-9,11-14H2,1-2H3,(H,25,27). The Labute approximate surface area is 188 Å². The molecule has 1 amide bonds. The molecule has 0 radical (unpaired) electrons. The molecule has 1 aromatic carbocycles. The van der Waals surface area contributed by atoms with Crippen LogP contribution in [0.4, 0.5) is 4.39 Å². The Balaban J connectivity index is 1.40. The van der Waals surface area contributed by atoms with E-state index in [0.717, 1.165) is 41.8 Å².